The summed E-state index contributed by atoms with van der Waals surface area (Å²) in [4.78, 5) is 24.7. The molecule has 1 aromatic carbocycles. The van der Waals surface area contributed by atoms with Crippen molar-refractivity contribution in [1.82, 2.24) is 0 Å². The van der Waals surface area contributed by atoms with E-state index in [4.69, 9.17) is 9.47 Å². The summed E-state index contributed by atoms with van der Waals surface area (Å²) in [5, 5.41) is 0. The second kappa shape index (κ2) is 5.08. The lowest BCUT2D eigenvalue weighted by Crippen LogP contribution is -2.40. The van der Waals surface area contributed by atoms with Gasteiger partial charge >= 0.3 is 11.9 Å². The molecule has 1 heterocycles. The van der Waals surface area contributed by atoms with Crippen molar-refractivity contribution in [2.24, 2.45) is 0 Å². The normalized spacial score (nSPS) is 14.2. The summed E-state index contributed by atoms with van der Waals surface area (Å²) < 4.78 is 10.2. The van der Waals surface area contributed by atoms with E-state index in [0.717, 1.165) is 5.69 Å². The first-order valence-corrected chi connectivity index (χ1v) is 5.80. The molecule has 0 bridgehead atoms. The Kier molecular flexibility index (Phi) is 3.50. The Balaban J connectivity index is 2.14. The lowest BCUT2D eigenvalue weighted by atomic mass is 10.2. The van der Waals surface area contributed by atoms with Gasteiger partial charge in [-0.1, -0.05) is 12.1 Å². The van der Waals surface area contributed by atoms with Crippen LogP contribution < -0.4 is 9.64 Å². The maximum Gasteiger partial charge on any atom is 0.331 e. The van der Waals surface area contributed by atoms with E-state index in [-0.39, 0.29) is 31.1 Å². The summed E-state index contributed by atoms with van der Waals surface area (Å²) in [5.41, 5.74) is 0.734. The largest absolute Gasteiger partial charge is 0.462 e. The van der Waals surface area contributed by atoms with E-state index >= 15 is 0 Å². The standard InChI is InChI=1S/C13H15NO4/c1-9(2)17-12(15)7-14-8-13(16)18-11-6-4-3-5-10(11)14/h3-6,9H,7-8H2,1-2H3. The first-order chi connectivity index (χ1) is 8.56. The maximum absolute atomic E-state index is 11.6. The highest BCUT2D eigenvalue weighted by molar-refractivity contribution is 5.87. The van der Waals surface area contributed by atoms with E-state index in [2.05, 4.69) is 0 Å². The third kappa shape index (κ3) is 2.80. The SMILES string of the molecule is CC(C)OC(=O)CN1CC(=O)Oc2ccccc21. The first kappa shape index (κ1) is 12.4. The fourth-order valence-electron chi connectivity index (χ4n) is 1.80. The van der Waals surface area contributed by atoms with Crippen LogP contribution in [-0.2, 0) is 14.3 Å². The number of para-hydroxylation sites is 2. The molecule has 96 valence electrons. The Morgan fingerprint density at radius 1 is 1.44 bits per heavy atom. The molecule has 0 spiro atoms. The molecule has 0 saturated carbocycles. The summed E-state index contributed by atoms with van der Waals surface area (Å²) in [6.07, 6.45) is -0.163. The van der Waals surface area contributed by atoms with Crippen LogP contribution in [-0.4, -0.2) is 31.1 Å². The summed E-state index contributed by atoms with van der Waals surface area (Å²) in [6.45, 7) is 3.68. The highest BCUT2D eigenvalue weighted by Gasteiger charge is 2.25. The topological polar surface area (TPSA) is 55.8 Å². The van der Waals surface area contributed by atoms with Crippen LogP contribution in [0.3, 0.4) is 0 Å². The Bertz CT molecular complexity index is 470. The van der Waals surface area contributed by atoms with Gasteiger partial charge in [-0.3, -0.25) is 4.79 Å². The van der Waals surface area contributed by atoms with Crippen LogP contribution in [0.2, 0.25) is 0 Å². The number of hydrogen-bond donors (Lipinski definition) is 0. The predicted octanol–water partition coefficient (Wildman–Crippen LogP) is 1.36. The third-order valence-electron chi connectivity index (χ3n) is 2.44. The highest BCUT2D eigenvalue weighted by Crippen LogP contribution is 2.31. The number of hydrogen-bond acceptors (Lipinski definition) is 5. The average Bonchev–Trinajstić information content (AvgIpc) is 2.27. The molecule has 0 aromatic heterocycles. The van der Waals surface area contributed by atoms with Gasteiger partial charge in [-0.15, -0.1) is 0 Å². The van der Waals surface area contributed by atoms with Crippen LogP contribution in [0.5, 0.6) is 5.75 Å². The molecular formula is C13H15NO4. The molecule has 5 nitrogen and oxygen atoms in total. The number of ether oxygens (including phenoxy) is 2. The van der Waals surface area contributed by atoms with E-state index in [1.54, 1.807) is 30.9 Å². The van der Waals surface area contributed by atoms with Crippen molar-refractivity contribution in [3.05, 3.63) is 24.3 Å². The van der Waals surface area contributed by atoms with Crippen LogP contribution in [0, 0.1) is 0 Å². The van der Waals surface area contributed by atoms with Gasteiger partial charge in [-0.25, -0.2) is 4.79 Å². The minimum absolute atomic E-state index is 0.0459. The summed E-state index contributed by atoms with van der Waals surface area (Å²) in [7, 11) is 0. The number of esters is 2. The number of carbonyl (C=O) groups is 2. The van der Waals surface area contributed by atoms with Gasteiger partial charge in [-0.2, -0.15) is 0 Å². The zero-order valence-corrected chi connectivity index (χ0v) is 10.4. The van der Waals surface area contributed by atoms with Crippen molar-refractivity contribution >= 4 is 17.6 Å². The molecule has 1 aromatic rings. The van der Waals surface area contributed by atoms with Crippen molar-refractivity contribution in [3.8, 4) is 5.75 Å². The zero-order chi connectivity index (χ0) is 13.1. The van der Waals surface area contributed by atoms with Gasteiger partial charge in [0.2, 0.25) is 0 Å². The van der Waals surface area contributed by atoms with E-state index in [1.807, 2.05) is 12.1 Å². The summed E-state index contributed by atoms with van der Waals surface area (Å²) in [6, 6.07) is 7.12. The summed E-state index contributed by atoms with van der Waals surface area (Å²) in [5.74, 6) is -0.244. The van der Waals surface area contributed by atoms with Gasteiger partial charge < -0.3 is 14.4 Å². The van der Waals surface area contributed by atoms with Crippen LogP contribution in [0.1, 0.15) is 13.8 Å². The fraction of sp³-hybridized carbons (Fsp3) is 0.385. The quantitative estimate of drug-likeness (QED) is 0.598. The molecular weight excluding hydrogens is 234 g/mol. The zero-order valence-electron chi connectivity index (χ0n) is 10.4. The molecule has 1 aliphatic rings. The van der Waals surface area contributed by atoms with E-state index in [9.17, 15) is 9.59 Å². The summed E-state index contributed by atoms with van der Waals surface area (Å²) >= 11 is 0. The Labute approximate surface area is 105 Å². The van der Waals surface area contributed by atoms with Crippen LogP contribution in [0.4, 0.5) is 5.69 Å². The average molecular weight is 249 g/mol. The lowest BCUT2D eigenvalue weighted by Gasteiger charge is -2.28. The molecule has 0 radical (unpaired) electrons. The number of fused-ring (bicyclic) bond motifs is 1. The van der Waals surface area contributed by atoms with E-state index < -0.39 is 0 Å². The lowest BCUT2D eigenvalue weighted by molar-refractivity contribution is -0.145. The van der Waals surface area contributed by atoms with E-state index in [0.29, 0.717) is 5.75 Å². The van der Waals surface area contributed by atoms with Crippen molar-refractivity contribution in [2.45, 2.75) is 20.0 Å². The molecule has 0 saturated heterocycles. The molecule has 2 rings (SSSR count). The van der Waals surface area contributed by atoms with Crippen molar-refractivity contribution < 1.29 is 19.1 Å². The van der Waals surface area contributed by atoms with Crippen LogP contribution in [0.25, 0.3) is 0 Å². The molecule has 0 atom stereocenters. The molecule has 0 fully saturated rings. The molecule has 18 heavy (non-hydrogen) atoms. The second-order valence-electron chi connectivity index (χ2n) is 4.34. The second-order valence-corrected chi connectivity index (χ2v) is 4.34. The van der Waals surface area contributed by atoms with Gasteiger partial charge in [0.25, 0.3) is 0 Å². The first-order valence-electron chi connectivity index (χ1n) is 5.80. The number of nitrogens with zero attached hydrogens (tertiary/aromatic N) is 1. The Morgan fingerprint density at radius 3 is 2.89 bits per heavy atom. The molecule has 0 unspecified atom stereocenters. The smallest absolute Gasteiger partial charge is 0.331 e. The minimum Gasteiger partial charge on any atom is -0.462 e. The van der Waals surface area contributed by atoms with Crippen molar-refractivity contribution in [3.63, 3.8) is 0 Å². The monoisotopic (exact) mass is 249 g/mol. The molecule has 5 heteroatoms. The fourth-order valence-corrected chi connectivity index (χ4v) is 1.80. The molecule has 0 aliphatic carbocycles. The number of benzene rings is 1. The van der Waals surface area contributed by atoms with Gasteiger partial charge in [0, 0.05) is 0 Å². The minimum atomic E-state index is -0.369. The van der Waals surface area contributed by atoms with Crippen LogP contribution in [0.15, 0.2) is 24.3 Å². The Hall–Kier alpha value is -2.04. The molecule has 0 N–H and O–H groups in total. The van der Waals surface area contributed by atoms with Gasteiger partial charge in [0.15, 0.2) is 5.75 Å². The van der Waals surface area contributed by atoms with Gasteiger partial charge in [0.05, 0.1) is 11.8 Å². The Morgan fingerprint density at radius 2 is 2.17 bits per heavy atom. The maximum atomic E-state index is 11.6. The molecule has 1 aliphatic heterocycles. The third-order valence-corrected chi connectivity index (χ3v) is 2.44. The van der Waals surface area contributed by atoms with Crippen molar-refractivity contribution in [1.29, 1.82) is 0 Å². The van der Waals surface area contributed by atoms with Gasteiger partial charge in [-0.05, 0) is 26.0 Å². The van der Waals surface area contributed by atoms with Crippen molar-refractivity contribution in [2.75, 3.05) is 18.0 Å². The van der Waals surface area contributed by atoms with Gasteiger partial charge in [0.1, 0.15) is 13.1 Å². The highest BCUT2D eigenvalue weighted by atomic mass is 16.5. The number of anilines is 1. The molecule has 0 amide bonds. The van der Waals surface area contributed by atoms with Crippen LogP contribution >= 0.6 is 0 Å². The predicted molar refractivity (Wildman–Crippen MR) is 65.5 cm³/mol. The van der Waals surface area contributed by atoms with E-state index in [1.165, 1.54) is 0 Å². The number of rotatable bonds is 3. The number of carbonyl (C=O) groups excluding carboxylic acids is 2.